The lowest BCUT2D eigenvalue weighted by molar-refractivity contribution is -0.436. The monoisotopic (exact) mass is 544 g/mol. The molecule has 0 amide bonds. The molecule has 0 saturated carbocycles. The molecule has 33 heavy (non-hydrogen) atoms. The Kier molecular flexibility index (Phi) is 10.0. The van der Waals surface area contributed by atoms with Crippen molar-refractivity contribution in [3.8, 4) is 0 Å². The van der Waals surface area contributed by atoms with Crippen molar-refractivity contribution >= 4 is 10.4 Å². The molecule has 0 bridgehead atoms. The highest BCUT2D eigenvalue weighted by Gasteiger charge is 2.90. The summed E-state index contributed by atoms with van der Waals surface area (Å²) in [5.41, 5.74) is 0. The molecule has 0 radical (unpaired) electrons. The molecule has 0 aliphatic rings. The number of allylic oxidation sites excluding steroid dienone is 1. The van der Waals surface area contributed by atoms with Crippen LogP contribution < -0.4 is 0 Å². The number of rotatable bonds is 14. The molecule has 0 aromatic rings. The second kappa shape index (κ2) is 10.5. The third-order valence-corrected chi connectivity index (χ3v) is 3.80. The van der Waals surface area contributed by atoms with Gasteiger partial charge < -0.3 is 9.47 Å². The van der Waals surface area contributed by atoms with Crippen molar-refractivity contribution in [2.75, 3.05) is 33.0 Å². The van der Waals surface area contributed by atoms with Gasteiger partial charge in [-0.3, -0.25) is 4.55 Å². The van der Waals surface area contributed by atoms with E-state index in [2.05, 4.69) is 13.7 Å². The van der Waals surface area contributed by atoms with E-state index in [0.717, 1.165) is 0 Å². The van der Waals surface area contributed by atoms with Crippen molar-refractivity contribution in [3.63, 3.8) is 0 Å². The third kappa shape index (κ3) is 7.30. The van der Waals surface area contributed by atoms with E-state index < -0.39 is 85.3 Å². The van der Waals surface area contributed by atoms with E-state index in [1.807, 2.05) is 0 Å². The molecule has 0 aromatic carbocycles. The Morgan fingerprint density at radius 3 is 1.52 bits per heavy atom. The molecule has 0 saturated heterocycles. The molecule has 0 aliphatic heterocycles. The first-order chi connectivity index (χ1) is 14.5. The van der Waals surface area contributed by atoms with Crippen molar-refractivity contribution in [1.29, 1.82) is 0 Å². The molecule has 0 spiro atoms. The first kappa shape index (κ1) is 31.6. The molecule has 0 fully saturated rings. The van der Waals surface area contributed by atoms with Gasteiger partial charge in [-0.05, 0) is 6.08 Å². The quantitative estimate of drug-likeness (QED) is 0.153. The van der Waals surface area contributed by atoms with E-state index in [9.17, 15) is 65.5 Å². The Morgan fingerprint density at radius 1 is 0.636 bits per heavy atom. The summed E-state index contributed by atoms with van der Waals surface area (Å²) < 4.78 is 208. The van der Waals surface area contributed by atoms with Gasteiger partial charge in [0.05, 0.1) is 33.0 Å². The molecular weight excluding hydrogens is 531 g/mol. The van der Waals surface area contributed by atoms with E-state index in [1.165, 1.54) is 0 Å². The SMILES string of the molecule is O=S(=O)(O)OCCOCCOC/C=C/C(F)(F)C(F)(F)C(F)(F)C(F)(F)C(F)(F)C(F)(F)F. The predicted octanol–water partition coefficient (Wildman–Crippen LogP) is 4.13. The second-order valence-electron chi connectivity index (χ2n) is 5.76. The highest BCUT2D eigenvalue weighted by atomic mass is 32.3. The van der Waals surface area contributed by atoms with Gasteiger partial charge in [0.2, 0.25) is 0 Å². The van der Waals surface area contributed by atoms with E-state index in [1.54, 1.807) is 0 Å². The summed E-state index contributed by atoms with van der Waals surface area (Å²) in [6.07, 6.45) is -8.79. The van der Waals surface area contributed by atoms with Crippen LogP contribution in [-0.4, -0.2) is 81.8 Å². The standard InChI is InChI=1S/C13H13F13O6S/c14-8(15,2-1-3-30-4-5-31-6-7-32-33(27,28)29)9(16,17)10(18,19)11(20,21)12(22,23)13(24,25)26/h1-2H,3-7H2,(H,27,28,29)/b2-1+. The molecule has 20 heteroatoms. The van der Waals surface area contributed by atoms with Crippen LogP contribution in [0.1, 0.15) is 0 Å². The van der Waals surface area contributed by atoms with Crippen molar-refractivity contribution in [1.82, 2.24) is 0 Å². The van der Waals surface area contributed by atoms with Gasteiger partial charge in [0.15, 0.2) is 0 Å². The lowest BCUT2D eigenvalue weighted by Gasteiger charge is -2.39. The van der Waals surface area contributed by atoms with Gasteiger partial charge in [-0.15, -0.1) is 0 Å². The van der Waals surface area contributed by atoms with Crippen LogP contribution in [0.25, 0.3) is 0 Å². The fourth-order valence-electron chi connectivity index (χ4n) is 1.65. The van der Waals surface area contributed by atoms with Gasteiger partial charge in [0, 0.05) is 0 Å². The molecule has 0 aliphatic carbocycles. The van der Waals surface area contributed by atoms with Crippen LogP contribution in [0.15, 0.2) is 12.2 Å². The molecule has 198 valence electrons. The molecule has 1 N–H and O–H groups in total. The molecule has 6 nitrogen and oxygen atoms in total. The van der Waals surface area contributed by atoms with Gasteiger partial charge in [-0.2, -0.15) is 65.5 Å². The summed E-state index contributed by atoms with van der Waals surface area (Å²) in [4.78, 5) is 0. The van der Waals surface area contributed by atoms with E-state index in [0.29, 0.717) is 0 Å². The lowest BCUT2D eigenvalue weighted by Crippen LogP contribution is -2.69. The molecule has 0 unspecified atom stereocenters. The number of ether oxygens (including phenoxy) is 2. The van der Waals surface area contributed by atoms with Crippen LogP contribution in [0.3, 0.4) is 0 Å². The normalized spacial score (nSPS) is 15.5. The van der Waals surface area contributed by atoms with Crippen molar-refractivity contribution in [2.45, 2.75) is 35.8 Å². The summed E-state index contributed by atoms with van der Waals surface area (Å²) in [5.74, 6) is -37.4. The van der Waals surface area contributed by atoms with Crippen molar-refractivity contribution in [2.24, 2.45) is 0 Å². The summed E-state index contributed by atoms with van der Waals surface area (Å²) in [5, 5.41) is 0. The summed E-state index contributed by atoms with van der Waals surface area (Å²) >= 11 is 0. The maximum Gasteiger partial charge on any atom is 0.460 e. The van der Waals surface area contributed by atoms with Gasteiger partial charge >= 0.3 is 46.2 Å². The molecular formula is C13H13F13O6S. The number of alkyl halides is 13. The zero-order valence-electron chi connectivity index (χ0n) is 15.5. The third-order valence-electron chi connectivity index (χ3n) is 3.33. The van der Waals surface area contributed by atoms with E-state index in [4.69, 9.17) is 4.55 Å². The zero-order valence-corrected chi connectivity index (χ0v) is 16.3. The van der Waals surface area contributed by atoms with E-state index in [-0.39, 0.29) is 6.08 Å². The smallest absolute Gasteiger partial charge is 0.377 e. The summed E-state index contributed by atoms with van der Waals surface area (Å²) in [6.45, 7) is -3.17. The largest absolute Gasteiger partial charge is 0.460 e. The van der Waals surface area contributed by atoms with Crippen LogP contribution in [0, 0.1) is 0 Å². The fraction of sp³-hybridized carbons (Fsp3) is 0.846. The Hall–Kier alpha value is -1.38. The molecule has 0 aromatic heterocycles. The minimum Gasteiger partial charge on any atom is -0.377 e. The molecule has 0 atom stereocenters. The van der Waals surface area contributed by atoms with Gasteiger partial charge in [-0.1, -0.05) is 6.08 Å². The van der Waals surface area contributed by atoms with Crippen LogP contribution >= 0.6 is 0 Å². The minimum absolute atomic E-state index is 0.147. The number of hydrogen-bond acceptors (Lipinski definition) is 5. The van der Waals surface area contributed by atoms with Crippen LogP contribution in [0.5, 0.6) is 0 Å². The number of hydrogen-bond donors (Lipinski definition) is 1. The van der Waals surface area contributed by atoms with Crippen LogP contribution in [-0.2, 0) is 24.1 Å². The molecule has 0 rings (SSSR count). The average molecular weight is 544 g/mol. The van der Waals surface area contributed by atoms with Crippen molar-refractivity contribution < 1.29 is 83.7 Å². The minimum atomic E-state index is -7.97. The van der Waals surface area contributed by atoms with Gasteiger partial charge in [0.1, 0.15) is 0 Å². The Bertz CT molecular complexity index is 763. The highest BCUT2D eigenvalue weighted by Crippen LogP contribution is 2.60. The topological polar surface area (TPSA) is 82.1 Å². The summed E-state index contributed by atoms with van der Waals surface area (Å²) in [6, 6.07) is 0. The average Bonchev–Trinajstić information content (AvgIpc) is 2.60. The highest BCUT2D eigenvalue weighted by molar-refractivity contribution is 7.80. The Labute approximate surface area is 176 Å². The maximum absolute atomic E-state index is 13.4. The van der Waals surface area contributed by atoms with E-state index >= 15 is 0 Å². The maximum atomic E-state index is 13.4. The molecule has 0 heterocycles. The summed E-state index contributed by atoms with van der Waals surface area (Å²) in [7, 11) is -4.74. The van der Waals surface area contributed by atoms with Crippen LogP contribution in [0.2, 0.25) is 0 Å². The first-order valence-electron chi connectivity index (χ1n) is 7.86. The first-order valence-corrected chi connectivity index (χ1v) is 9.23. The lowest BCUT2D eigenvalue weighted by atomic mass is 9.94. The Balaban J connectivity index is 5.03. The van der Waals surface area contributed by atoms with Crippen molar-refractivity contribution in [3.05, 3.63) is 12.2 Å². The van der Waals surface area contributed by atoms with Gasteiger partial charge in [0.25, 0.3) is 0 Å². The predicted molar refractivity (Wildman–Crippen MR) is 79.1 cm³/mol. The second-order valence-corrected chi connectivity index (χ2v) is 6.85. The van der Waals surface area contributed by atoms with Gasteiger partial charge in [-0.25, -0.2) is 4.18 Å². The fourth-order valence-corrected chi connectivity index (χ4v) is 1.93. The van der Waals surface area contributed by atoms with Crippen LogP contribution in [0.4, 0.5) is 57.1 Å². The Morgan fingerprint density at radius 2 is 1.06 bits per heavy atom. The zero-order chi connectivity index (χ0) is 26.6. The number of halogens is 13.